The molecule has 4 heteroatoms. The van der Waals surface area contributed by atoms with E-state index in [2.05, 4.69) is 0 Å². The molecule has 0 spiro atoms. The van der Waals surface area contributed by atoms with Crippen molar-refractivity contribution in [1.82, 2.24) is 0 Å². The number of halogens is 1. The number of carbonyl (C=O) groups excluding carboxylic acids is 1. The van der Waals surface area contributed by atoms with Gasteiger partial charge in [0.25, 0.3) is 0 Å². The molecule has 2 rings (SSSR count). The Morgan fingerprint density at radius 3 is 2.59 bits per heavy atom. The molecule has 3 nitrogen and oxygen atoms in total. The second-order valence-electron chi connectivity index (χ2n) is 3.67. The second-order valence-corrected chi connectivity index (χ2v) is 4.11. The van der Waals surface area contributed by atoms with Gasteiger partial charge in [0.1, 0.15) is 0 Å². The van der Waals surface area contributed by atoms with E-state index < -0.39 is 6.10 Å². The maximum absolute atomic E-state index is 11.7. The minimum absolute atomic E-state index is 0.00482. The van der Waals surface area contributed by atoms with E-state index in [1.807, 2.05) is 0 Å². The van der Waals surface area contributed by atoms with Crippen LogP contribution in [0.5, 0.6) is 0 Å². The van der Waals surface area contributed by atoms with Crippen molar-refractivity contribution in [2.24, 2.45) is 0 Å². The summed E-state index contributed by atoms with van der Waals surface area (Å²) in [5.74, 6) is 0.0375. The number of Topliss-reactive ketones (excluding diaryl/α,β-unsaturated/α-hetero) is 1. The summed E-state index contributed by atoms with van der Waals surface area (Å²) >= 11 is 5.74. The van der Waals surface area contributed by atoms with Gasteiger partial charge in [0.05, 0.1) is 12.4 Å². The highest BCUT2D eigenvalue weighted by Crippen LogP contribution is 2.21. The fraction of sp³-hybridized carbons (Fsp3) is 0.154. The second kappa shape index (κ2) is 5.17. The van der Waals surface area contributed by atoms with Crippen molar-refractivity contribution in [3.8, 4) is 0 Å². The summed E-state index contributed by atoms with van der Waals surface area (Å²) in [6, 6.07) is 9.97. The Kier molecular flexibility index (Phi) is 3.61. The van der Waals surface area contributed by atoms with E-state index in [-0.39, 0.29) is 18.0 Å². The topological polar surface area (TPSA) is 50.4 Å². The summed E-state index contributed by atoms with van der Waals surface area (Å²) < 4.78 is 4.97. The quantitative estimate of drug-likeness (QED) is 0.848. The van der Waals surface area contributed by atoms with E-state index in [0.717, 1.165) is 0 Å². The molecule has 88 valence electrons. The Bertz CT molecular complexity index is 488. The standard InChI is InChI=1S/C13H11ClO3/c14-10-5-3-9(4-6-10)11(15)8-12(16)13-2-1-7-17-13/h1-7,11,15H,8H2. The first-order chi connectivity index (χ1) is 8.16. The van der Waals surface area contributed by atoms with Crippen LogP contribution in [0, 0.1) is 0 Å². The molecule has 0 aliphatic heterocycles. The highest BCUT2D eigenvalue weighted by Gasteiger charge is 2.16. The fourth-order valence-corrected chi connectivity index (χ4v) is 1.64. The van der Waals surface area contributed by atoms with Gasteiger partial charge in [0.2, 0.25) is 5.78 Å². The molecule has 1 N–H and O–H groups in total. The largest absolute Gasteiger partial charge is 0.461 e. The van der Waals surface area contributed by atoms with Crippen LogP contribution in [0.4, 0.5) is 0 Å². The lowest BCUT2D eigenvalue weighted by Crippen LogP contribution is -2.06. The van der Waals surface area contributed by atoms with Crippen molar-refractivity contribution >= 4 is 17.4 Å². The highest BCUT2D eigenvalue weighted by atomic mass is 35.5. The van der Waals surface area contributed by atoms with Crippen LogP contribution >= 0.6 is 11.6 Å². The predicted molar refractivity (Wildman–Crippen MR) is 64.1 cm³/mol. The molecule has 0 fully saturated rings. The molecule has 0 radical (unpaired) electrons. The summed E-state index contributed by atoms with van der Waals surface area (Å²) in [5.41, 5.74) is 0.661. The van der Waals surface area contributed by atoms with E-state index >= 15 is 0 Å². The van der Waals surface area contributed by atoms with Gasteiger partial charge in [-0.2, -0.15) is 0 Å². The molecule has 0 saturated heterocycles. The monoisotopic (exact) mass is 250 g/mol. The van der Waals surface area contributed by atoms with Gasteiger partial charge in [0, 0.05) is 11.4 Å². The number of rotatable bonds is 4. The molecule has 1 atom stereocenters. The molecule has 0 saturated carbocycles. The first-order valence-corrected chi connectivity index (χ1v) is 5.55. The minimum atomic E-state index is -0.843. The number of aliphatic hydroxyl groups is 1. The van der Waals surface area contributed by atoms with E-state index in [0.29, 0.717) is 10.6 Å². The van der Waals surface area contributed by atoms with Crippen molar-refractivity contribution in [3.05, 3.63) is 59.0 Å². The third-order valence-electron chi connectivity index (χ3n) is 2.43. The summed E-state index contributed by atoms with van der Waals surface area (Å²) in [6.45, 7) is 0. The van der Waals surface area contributed by atoms with Gasteiger partial charge in [-0.3, -0.25) is 4.79 Å². The van der Waals surface area contributed by atoms with Crippen LogP contribution < -0.4 is 0 Å². The molecule has 0 bridgehead atoms. The van der Waals surface area contributed by atoms with Crippen LogP contribution in [-0.4, -0.2) is 10.9 Å². The van der Waals surface area contributed by atoms with Gasteiger partial charge in [-0.15, -0.1) is 0 Å². The van der Waals surface area contributed by atoms with Crippen molar-refractivity contribution in [2.75, 3.05) is 0 Å². The maximum atomic E-state index is 11.7. The SMILES string of the molecule is O=C(CC(O)c1ccc(Cl)cc1)c1ccco1. The Morgan fingerprint density at radius 2 is 2.00 bits per heavy atom. The lowest BCUT2D eigenvalue weighted by Gasteiger charge is -2.09. The van der Waals surface area contributed by atoms with Crippen molar-refractivity contribution < 1.29 is 14.3 Å². The van der Waals surface area contributed by atoms with Gasteiger partial charge in [-0.05, 0) is 29.8 Å². The molecule has 1 heterocycles. The Labute approximate surface area is 104 Å². The normalized spacial score (nSPS) is 12.4. The molecular weight excluding hydrogens is 240 g/mol. The van der Waals surface area contributed by atoms with Gasteiger partial charge >= 0.3 is 0 Å². The molecule has 0 aliphatic rings. The Balaban J connectivity index is 2.04. The van der Waals surface area contributed by atoms with Crippen LogP contribution in [0.2, 0.25) is 5.02 Å². The molecule has 0 amide bonds. The molecule has 17 heavy (non-hydrogen) atoms. The lowest BCUT2D eigenvalue weighted by molar-refractivity contribution is 0.0853. The Hall–Kier alpha value is -1.58. The average Bonchev–Trinajstić information content (AvgIpc) is 2.83. The summed E-state index contributed by atoms with van der Waals surface area (Å²) in [6.07, 6.45) is 0.585. The predicted octanol–water partition coefficient (Wildman–Crippen LogP) is 3.24. The van der Waals surface area contributed by atoms with Crippen molar-refractivity contribution in [2.45, 2.75) is 12.5 Å². The van der Waals surface area contributed by atoms with Gasteiger partial charge in [-0.1, -0.05) is 23.7 Å². The van der Waals surface area contributed by atoms with E-state index in [1.54, 1.807) is 36.4 Å². The van der Waals surface area contributed by atoms with Gasteiger partial charge < -0.3 is 9.52 Å². The summed E-state index contributed by atoms with van der Waals surface area (Å²) in [5, 5.41) is 10.5. The van der Waals surface area contributed by atoms with Gasteiger partial charge in [0.15, 0.2) is 5.76 Å². The third kappa shape index (κ3) is 2.96. The number of benzene rings is 1. The molecular formula is C13H11ClO3. The fourth-order valence-electron chi connectivity index (χ4n) is 1.52. The van der Waals surface area contributed by atoms with Crippen LogP contribution in [0.15, 0.2) is 47.1 Å². The number of carbonyl (C=O) groups is 1. The zero-order valence-electron chi connectivity index (χ0n) is 8.97. The first kappa shape index (κ1) is 11.9. The maximum Gasteiger partial charge on any atom is 0.200 e. The zero-order valence-corrected chi connectivity index (χ0v) is 9.72. The molecule has 1 aromatic heterocycles. The zero-order chi connectivity index (χ0) is 12.3. The van der Waals surface area contributed by atoms with Crippen LogP contribution in [0.3, 0.4) is 0 Å². The van der Waals surface area contributed by atoms with Crippen molar-refractivity contribution in [1.29, 1.82) is 0 Å². The number of hydrogen-bond acceptors (Lipinski definition) is 3. The minimum Gasteiger partial charge on any atom is -0.461 e. The molecule has 1 unspecified atom stereocenters. The van der Waals surface area contributed by atoms with Crippen molar-refractivity contribution in [3.63, 3.8) is 0 Å². The smallest absolute Gasteiger partial charge is 0.200 e. The van der Waals surface area contributed by atoms with Crippen LogP contribution in [0.1, 0.15) is 28.6 Å². The van der Waals surface area contributed by atoms with Crippen LogP contribution in [-0.2, 0) is 0 Å². The highest BCUT2D eigenvalue weighted by molar-refractivity contribution is 6.30. The van der Waals surface area contributed by atoms with Crippen LogP contribution in [0.25, 0.3) is 0 Å². The first-order valence-electron chi connectivity index (χ1n) is 5.17. The molecule has 0 aliphatic carbocycles. The third-order valence-corrected chi connectivity index (χ3v) is 2.68. The van der Waals surface area contributed by atoms with E-state index in [9.17, 15) is 9.90 Å². The molecule has 1 aromatic carbocycles. The summed E-state index contributed by atoms with van der Waals surface area (Å²) in [4.78, 5) is 11.7. The number of furan rings is 1. The van der Waals surface area contributed by atoms with E-state index in [4.69, 9.17) is 16.0 Å². The van der Waals surface area contributed by atoms with Gasteiger partial charge in [-0.25, -0.2) is 0 Å². The summed E-state index contributed by atoms with van der Waals surface area (Å²) in [7, 11) is 0. The average molecular weight is 251 g/mol. The molecule has 2 aromatic rings. The number of hydrogen-bond donors (Lipinski definition) is 1. The lowest BCUT2D eigenvalue weighted by atomic mass is 10.0. The number of ketones is 1. The van der Waals surface area contributed by atoms with E-state index in [1.165, 1.54) is 6.26 Å². The Morgan fingerprint density at radius 1 is 1.29 bits per heavy atom. The number of aliphatic hydroxyl groups excluding tert-OH is 1.